The molecule has 0 saturated carbocycles. The summed E-state index contributed by atoms with van der Waals surface area (Å²) in [4.78, 5) is 11.6. The Kier molecular flexibility index (Phi) is 4.56. The monoisotopic (exact) mass is 321 g/mol. The van der Waals surface area contributed by atoms with E-state index in [0.717, 1.165) is 11.1 Å². The summed E-state index contributed by atoms with van der Waals surface area (Å²) in [6.07, 6.45) is 1.29. The van der Waals surface area contributed by atoms with E-state index in [1.807, 2.05) is 54.7 Å². The molecule has 1 amide bonds. The van der Waals surface area contributed by atoms with Crippen LogP contribution in [0.1, 0.15) is 11.1 Å². The molecule has 3 aromatic rings. The molecule has 0 fully saturated rings. The van der Waals surface area contributed by atoms with Gasteiger partial charge in [0.05, 0.1) is 25.5 Å². The number of anilines is 1. The van der Waals surface area contributed by atoms with Gasteiger partial charge in [0.15, 0.2) is 0 Å². The van der Waals surface area contributed by atoms with E-state index in [2.05, 4.69) is 27.3 Å². The lowest BCUT2D eigenvalue weighted by Crippen LogP contribution is -2.12. The topological polar surface area (TPSA) is 69.0 Å². The predicted octanol–water partition coefficient (Wildman–Crippen LogP) is 3.35. The van der Waals surface area contributed by atoms with Gasteiger partial charge in [-0.2, -0.15) is 0 Å². The fraction of sp³-hybridized carbons (Fsp3) is 0.111. The lowest BCUT2D eigenvalue weighted by Gasteiger charge is -2.11. The summed E-state index contributed by atoms with van der Waals surface area (Å²) in [6, 6.07) is 15.5. The molecule has 0 aliphatic carbocycles. The van der Waals surface area contributed by atoms with Gasteiger partial charge >= 0.3 is 6.09 Å². The van der Waals surface area contributed by atoms with E-state index in [9.17, 15) is 4.79 Å². The van der Waals surface area contributed by atoms with Gasteiger partial charge in [-0.3, -0.25) is 5.32 Å². The molecule has 1 radical (unpaired) electrons. The highest BCUT2D eigenvalue weighted by Gasteiger charge is 2.14. The molecule has 6 nitrogen and oxygen atoms in total. The van der Waals surface area contributed by atoms with Crippen molar-refractivity contribution < 1.29 is 9.53 Å². The number of rotatable bonds is 4. The lowest BCUT2D eigenvalue weighted by atomic mass is 10.1. The molecular formula is C18H17N4O2. The summed E-state index contributed by atoms with van der Waals surface area (Å²) >= 11 is 0. The average molecular weight is 321 g/mol. The summed E-state index contributed by atoms with van der Waals surface area (Å²) in [5.74, 6) is 0. The van der Waals surface area contributed by atoms with Gasteiger partial charge in [0.25, 0.3) is 0 Å². The van der Waals surface area contributed by atoms with Crippen molar-refractivity contribution in [3.05, 3.63) is 72.8 Å². The Morgan fingerprint density at radius 2 is 2.00 bits per heavy atom. The summed E-state index contributed by atoms with van der Waals surface area (Å²) in [7, 11) is 1.32. The highest BCUT2D eigenvalue weighted by atomic mass is 16.5. The highest BCUT2D eigenvalue weighted by molar-refractivity contribution is 5.92. The minimum absolute atomic E-state index is 0.552. The Labute approximate surface area is 140 Å². The Morgan fingerprint density at radius 1 is 1.21 bits per heavy atom. The third kappa shape index (κ3) is 3.43. The van der Waals surface area contributed by atoms with Crippen molar-refractivity contribution in [2.45, 2.75) is 6.54 Å². The van der Waals surface area contributed by atoms with Gasteiger partial charge in [-0.05, 0) is 18.1 Å². The molecule has 121 valence electrons. The quantitative estimate of drug-likeness (QED) is 0.800. The maximum absolute atomic E-state index is 11.6. The van der Waals surface area contributed by atoms with Crippen LogP contribution in [0.3, 0.4) is 0 Å². The van der Waals surface area contributed by atoms with E-state index >= 15 is 0 Å². The zero-order chi connectivity index (χ0) is 16.9. The number of amides is 1. The van der Waals surface area contributed by atoms with Crippen LogP contribution in [0.5, 0.6) is 0 Å². The SMILES string of the molecule is [CH2]c1cccc(-c2cn(Cc3ccccc3)nn2)c1NC(=O)OC. The molecule has 6 heteroatoms. The van der Waals surface area contributed by atoms with Crippen molar-refractivity contribution in [3.8, 4) is 11.3 Å². The Bertz CT molecular complexity index is 843. The number of nitrogens with zero attached hydrogens (tertiary/aromatic N) is 3. The van der Waals surface area contributed by atoms with Gasteiger partial charge in [-0.15, -0.1) is 5.10 Å². The van der Waals surface area contributed by atoms with Crippen molar-refractivity contribution >= 4 is 11.8 Å². The second-order valence-electron chi connectivity index (χ2n) is 5.24. The standard InChI is InChI=1S/C18H17N4O2/c1-13-7-6-10-15(17(13)19-18(23)24-2)16-12-22(21-20-16)11-14-8-4-3-5-9-14/h3-10,12H,1,11H2,2H3,(H,19,23). The van der Waals surface area contributed by atoms with Gasteiger partial charge in [0.1, 0.15) is 5.69 Å². The van der Waals surface area contributed by atoms with Crippen molar-refractivity contribution in [1.82, 2.24) is 15.0 Å². The first-order chi connectivity index (χ1) is 11.7. The third-order valence-electron chi connectivity index (χ3n) is 3.57. The normalized spacial score (nSPS) is 10.4. The van der Waals surface area contributed by atoms with E-state index in [1.54, 1.807) is 4.68 Å². The Morgan fingerprint density at radius 3 is 2.75 bits per heavy atom. The number of benzene rings is 2. The zero-order valence-corrected chi connectivity index (χ0v) is 13.3. The van der Waals surface area contributed by atoms with Crippen LogP contribution >= 0.6 is 0 Å². The van der Waals surface area contributed by atoms with E-state index < -0.39 is 6.09 Å². The van der Waals surface area contributed by atoms with Crippen LogP contribution < -0.4 is 5.32 Å². The van der Waals surface area contributed by atoms with Crippen LogP contribution in [0, 0.1) is 6.92 Å². The molecule has 1 heterocycles. The van der Waals surface area contributed by atoms with Crippen molar-refractivity contribution in [1.29, 1.82) is 0 Å². The molecule has 2 aromatic carbocycles. The first-order valence-corrected chi connectivity index (χ1v) is 7.42. The minimum Gasteiger partial charge on any atom is -0.453 e. The number of nitrogens with one attached hydrogen (secondary N) is 1. The number of aromatic nitrogens is 3. The van der Waals surface area contributed by atoms with Crippen molar-refractivity contribution in [2.24, 2.45) is 0 Å². The maximum atomic E-state index is 11.6. The van der Waals surface area contributed by atoms with Crippen LogP contribution in [0.25, 0.3) is 11.3 Å². The second-order valence-corrected chi connectivity index (χ2v) is 5.24. The van der Waals surface area contributed by atoms with E-state index in [1.165, 1.54) is 7.11 Å². The Hall–Kier alpha value is -3.15. The smallest absolute Gasteiger partial charge is 0.411 e. The molecule has 0 atom stereocenters. The maximum Gasteiger partial charge on any atom is 0.411 e. The average Bonchev–Trinajstić information content (AvgIpc) is 3.05. The number of carbonyl (C=O) groups is 1. The molecule has 0 spiro atoms. The van der Waals surface area contributed by atoms with Crippen LogP contribution in [0.2, 0.25) is 0 Å². The number of hydrogen-bond acceptors (Lipinski definition) is 4. The molecule has 1 aromatic heterocycles. The summed E-state index contributed by atoms with van der Waals surface area (Å²) in [5.41, 5.74) is 3.77. The Balaban J connectivity index is 1.90. The largest absolute Gasteiger partial charge is 0.453 e. The third-order valence-corrected chi connectivity index (χ3v) is 3.57. The number of carbonyl (C=O) groups excluding carboxylic acids is 1. The number of para-hydroxylation sites is 1. The van der Waals surface area contributed by atoms with Gasteiger partial charge in [-0.25, -0.2) is 9.48 Å². The summed E-state index contributed by atoms with van der Waals surface area (Å²) in [6.45, 7) is 4.57. The molecule has 3 rings (SSSR count). The van der Waals surface area contributed by atoms with E-state index in [-0.39, 0.29) is 0 Å². The van der Waals surface area contributed by atoms with Gasteiger partial charge in [0.2, 0.25) is 0 Å². The number of ether oxygens (including phenoxy) is 1. The van der Waals surface area contributed by atoms with Crippen LogP contribution in [0.4, 0.5) is 10.5 Å². The first-order valence-electron chi connectivity index (χ1n) is 7.42. The number of hydrogen-bond donors (Lipinski definition) is 1. The van der Waals surface area contributed by atoms with Gasteiger partial charge in [0, 0.05) is 5.56 Å². The van der Waals surface area contributed by atoms with Crippen LogP contribution in [-0.2, 0) is 11.3 Å². The van der Waals surface area contributed by atoms with E-state index in [4.69, 9.17) is 0 Å². The zero-order valence-electron chi connectivity index (χ0n) is 13.3. The molecule has 0 bridgehead atoms. The summed E-state index contributed by atoms with van der Waals surface area (Å²) < 4.78 is 6.42. The van der Waals surface area contributed by atoms with Crippen LogP contribution in [0.15, 0.2) is 54.7 Å². The van der Waals surface area contributed by atoms with Crippen LogP contribution in [-0.4, -0.2) is 28.2 Å². The minimum atomic E-state index is -0.552. The molecule has 0 aliphatic rings. The summed E-state index contributed by atoms with van der Waals surface area (Å²) in [5, 5.41) is 11.1. The fourth-order valence-electron chi connectivity index (χ4n) is 2.38. The molecule has 24 heavy (non-hydrogen) atoms. The molecular weight excluding hydrogens is 304 g/mol. The van der Waals surface area contributed by atoms with Crippen molar-refractivity contribution in [2.75, 3.05) is 12.4 Å². The second kappa shape index (κ2) is 6.95. The van der Waals surface area contributed by atoms with E-state index in [0.29, 0.717) is 23.5 Å². The number of methoxy groups -OCH3 is 1. The molecule has 1 N–H and O–H groups in total. The highest BCUT2D eigenvalue weighted by Crippen LogP contribution is 2.29. The molecule has 0 aliphatic heterocycles. The first kappa shape index (κ1) is 15.7. The van der Waals surface area contributed by atoms with Gasteiger partial charge in [-0.1, -0.05) is 53.7 Å². The predicted molar refractivity (Wildman–Crippen MR) is 91.5 cm³/mol. The molecule has 0 saturated heterocycles. The molecule has 0 unspecified atom stereocenters. The fourth-order valence-corrected chi connectivity index (χ4v) is 2.38. The van der Waals surface area contributed by atoms with Crippen molar-refractivity contribution in [3.63, 3.8) is 0 Å². The lowest BCUT2D eigenvalue weighted by molar-refractivity contribution is 0.187. The van der Waals surface area contributed by atoms with Gasteiger partial charge < -0.3 is 4.74 Å².